The van der Waals surface area contributed by atoms with E-state index in [4.69, 9.17) is 15.3 Å². The van der Waals surface area contributed by atoms with Crippen LogP contribution in [0, 0.1) is 37.3 Å². The van der Waals surface area contributed by atoms with Crippen molar-refractivity contribution in [2.45, 2.75) is 6.92 Å². The van der Waals surface area contributed by atoms with E-state index >= 15 is 0 Å². The predicted octanol–water partition coefficient (Wildman–Crippen LogP) is 1.17. The molecule has 0 amide bonds. The molecule has 0 aliphatic rings. The Balaban J connectivity index is 0. The Labute approximate surface area is 119 Å². The maximum Gasteiger partial charge on any atom is 2.00 e. The van der Waals surface area contributed by atoms with Crippen LogP contribution in [-0.4, -0.2) is 25.2 Å². The fourth-order valence-corrected chi connectivity index (χ4v) is 0.987. The molecule has 0 atom stereocenters. The van der Waals surface area contributed by atoms with Crippen LogP contribution in [0.5, 0.6) is 5.75 Å². The van der Waals surface area contributed by atoms with Crippen molar-refractivity contribution in [2.75, 3.05) is 0 Å². The molecular weight excluding hydrogens is 449 g/mol. The SMILES string of the molecule is Cc1cc([N+](=O)[O-])cc([N+](=O)[O-])c1O.O=[N+]([O-])O.[Pt+2]. The Hall–Kier alpha value is -2.29. The smallest absolute Gasteiger partial charge is 0.502 e. The van der Waals surface area contributed by atoms with E-state index in [0.717, 1.165) is 12.1 Å². The van der Waals surface area contributed by atoms with Crippen molar-refractivity contribution in [3.8, 4) is 5.75 Å². The summed E-state index contributed by atoms with van der Waals surface area (Å²) >= 11 is 0. The molecule has 0 fully saturated rings. The van der Waals surface area contributed by atoms with Gasteiger partial charge in [-0.3, -0.25) is 20.2 Å². The molecule has 0 aliphatic heterocycles. The minimum Gasteiger partial charge on any atom is -0.502 e. The van der Waals surface area contributed by atoms with Gasteiger partial charge in [0.05, 0.1) is 15.9 Å². The summed E-state index contributed by atoms with van der Waals surface area (Å²) in [4.78, 5) is 27.5. The molecule has 11 nitrogen and oxygen atoms in total. The number of phenols is 1. The first-order valence-electron chi connectivity index (χ1n) is 4.12. The number of nitro groups is 2. The zero-order chi connectivity index (χ0) is 14.5. The van der Waals surface area contributed by atoms with Gasteiger partial charge in [0.25, 0.3) is 10.8 Å². The minimum absolute atomic E-state index is 0. The van der Waals surface area contributed by atoms with E-state index in [0.29, 0.717) is 0 Å². The third kappa shape index (κ3) is 6.26. The Morgan fingerprint density at radius 3 is 1.79 bits per heavy atom. The number of rotatable bonds is 2. The zero-order valence-corrected chi connectivity index (χ0v) is 11.4. The van der Waals surface area contributed by atoms with Gasteiger partial charge in [-0.05, 0) is 6.92 Å². The number of nitrogens with zero attached hydrogens (tertiary/aromatic N) is 3. The molecule has 1 aromatic carbocycles. The molecule has 0 radical (unpaired) electrons. The number of non-ortho nitro benzene ring substituents is 1. The molecule has 1 aromatic rings. The Bertz CT molecular complexity index is 501. The van der Waals surface area contributed by atoms with Crippen molar-refractivity contribution >= 4 is 11.4 Å². The fourth-order valence-electron chi connectivity index (χ4n) is 0.987. The van der Waals surface area contributed by atoms with Gasteiger partial charge in [0.2, 0.25) is 0 Å². The van der Waals surface area contributed by atoms with Gasteiger partial charge in [-0.15, -0.1) is 10.1 Å². The number of nitro benzene ring substituents is 2. The van der Waals surface area contributed by atoms with E-state index in [9.17, 15) is 25.3 Å². The average Bonchev–Trinajstić information content (AvgIpc) is 2.20. The van der Waals surface area contributed by atoms with E-state index in [1.54, 1.807) is 0 Å². The third-order valence-corrected chi connectivity index (χ3v) is 1.67. The number of aromatic hydroxyl groups is 1. The Morgan fingerprint density at radius 2 is 1.47 bits per heavy atom. The number of phenolic OH excluding ortho intramolecular Hbond substituents is 1. The summed E-state index contributed by atoms with van der Waals surface area (Å²) in [5.74, 6) is -0.541. The van der Waals surface area contributed by atoms with Gasteiger partial charge in [-0.25, -0.2) is 0 Å². The van der Waals surface area contributed by atoms with Gasteiger partial charge < -0.3 is 10.3 Å². The van der Waals surface area contributed by atoms with Gasteiger partial charge in [0.15, 0.2) is 5.75 Å². The summed E-state index contributed by atoms with van der Waals surface area (Å²) in [6.07, 6.45) is 0. The Kier molecular flexibility index (Phi) is 7.95. The van der Waals surface area contributed by atoms with Crippen LogP contribution in [0.3, 0.4) is 0 Å². The summed E-state index contributed by atoms with van der Waals surface area (Å²) in [5, 5.41) is 43.6. The average molecular weight is 456 g/mol. The maximum atomic E-state index is 10.4. The van der Waals surface area contributed by atoms with E-state index in [-0.39, 0.29) is 26.6 Å². The van der Waals surface area contributed by atoms with Crippen LogP contribution in [0.4, 0.5) is 11.4 Å². The van der Waals surface area contributed by atoms with Crippen LogP contribution in [0.25, 0.3) is 0 Å². The van der Waals surface area contributed by atoms with Gasteiger partial charge >= 0.3 is 26.8 Å². The number of aryl methyl sites for hydroxylation is 1. The summed E-state index contributed by atoms with van der Waals surface area (Å²) < 4.78 is 0. The molecule has 12 heteroatoms. The van der Waals surface area contributed by atoms with Crippen molar-refractivity contribution in [1.82, 2.24) is 0 Å². The van der Waals surface area contributed by atoms with E-state index in [1.807, 2.05) is 0 Å². The molecule has 19 heavy (non-hydrogen) atoms. The van der Waals surface area contributed by atoms with Crippen LogP contribution >= 0.6 is 0 Å². The molecule has 2 N–H and O–H groups in total. The predicted molar refractivity (Wildman–Crippen MR) is 54.9 cm³/mol. The van der Waals surface area contributed by atoms with E-state index in [2.05, 4.69) is 0 Å². The molecule has 0 spiro atoms. The van der Waals surface area contributed by atoms with E-state index in [1.165, 1.54) is 6.92 Å². The van der Waals surface area contributed by atoms with Crippen molar-refractivity contribution in [3.63, 3.8) is 0 Å². The van der Waals surface area contributed by atoms with Crippen LogP contribution in [0.1, 0.15) is 5.56 Å². The standard InChI is InChI=1S/C7H6N2O5.HNO3.Pt/c1-4-2-5(8(11)12)3-6(7(4)10)9(13)14;2-1(3)4;/h2-3,10H,1H3;(H,2,3,4);/q;;+2. The quantitative estimate of drug-likeness (QED) is 0.493. The molecular formula is C7H7N3O8Pt+2. The fraction of sp³-hybridized carbons (Fsp3) is 0.143. The largest absolute Gasteiger partial charge is 2.00 e. The number of benzene rings is 1. The van der Waals surface area contributed by atoms with Crippen LogP contribution in [0.15, 0.2) is 12.1 Å². The van der Waals surface area contributed by atoms with Crippen molar-refractivity contribution < 1.29 is 46.3 Å². The van der Waals surface area contributed by atoms with Crippen LogP contribution < -0.4 is 0 Å². The molecule has 0 bridgehead atoms. The molecule has 1 rings (SSSR count). The normalized spacial score (nSPS) is 8.47. The van der Waals surface area contributed by atoms with Crippen LogP contribution in [-0.2, 0) is 21.1 Å². The van der Waals surface area contributed by atoms with Gasteiger partial charge in [0.1, 0.15) is 0 Å². The molecule has 0 saturated carbocycles. The second-order valence-electron chi connectivity index (χ2n) is 2.88. The molecule has 0 aromatic heterocycles. The summed E-state index contributed by atoms with van der Waals surface area (Å²) in [7, 11) is 0. The topological polar surface area (TPSA) is 170 Å². The molecule has 106 valence electrons. The molecule has 0 heterocycles. The molecule has 0 unspecified atom stereocenters. The third-order valence-electron chi connectivity index (χ3n) is 1.67. The van der Waals surface area contributed by atoms with Gasteiger partial charge in [-0.2, -0.15) is 0 Å². The van der Waals surface area contributed by atoms with Crippen molar-refractivity contribution in [3.05, 3.63) is 48.0 Å². The number of hydrogen-bond donors (Lipinski definition) is 2. The first kappa shape index (κ1) is 19.1. The first-order chi connectivity index (χ1) is 8.16. The second-order valence-corrected chi connectivity index (χ2v) is 2.88. The van der Waals surface area contributed by atoms with Gasteiger partial charge in [0, 0.05) is 11.6 Å². The van der Waals surface area contributed by atoms with Gasteiger partial charge in [-0.1, -0.05) is 0 Å². The van der Waals surface area contributed by atoms with Crippen LogP contribution in [0.2, 0.25) is 0 Å². The summed E-state index contributed by atoms with van der Waals surface area (Å²) in [5.41, 5.74) is -0.963. The Morgan fingerprint density at radius 1 is 1.05 bits per heavy atom. The minimum atomic E-state index is -1.50. The summed E-state index contributed by atoms with van der Waals surface area (Å²) in [6.45, 7) is 1.36. The summed E-state index contributed by atoms with van der Waals surface area (Å²) in [6, 6.07) is 1.80. The second kappa shape index (κ2) is 7.92. The molecule has 0 saturated heterocycles. The zero-order valence-electron chi connectivity index (χ0n) is 9.16. The maximum absolute atomic E-state index is 10.4. The first-order valence-corrected chi connectivity index (χ1v) is 4.12. The monoisotopic (exact) mass is 456 g/mol. The van der Waals surface area contributed by atoms with E-state index < -0.39 is 32.1 Å². The molecule has 0 aliphatic carbocycles. The number of hydrogen-bond acceptors (Lipinski definition) is 7. The van der Waals surface area contributed by atoms with Crippen molar-refractivity contribution in [2.24, 2.45) is 0 Å². The van der Waals surface area contributed by atoms with Crippen molar-refractivity contribution in [1.29, 1.82) is 0 Å².